The van der Waals surface area contributed by atoms with Gasteiger partial charge in [-0.3, -0.25) is 0 Å². The number of carbonyl (C=O) groups is 2. The zero-order valence-electron chi connectivity index (χ0n) is 15.4. The highest BCUT2D eigenvalue weighted by Gasteiger charge is 2.67. The van der Waals surface area contributed by atoms with E-state index in [2.05, 4.69) is 4.74 Å². The number of hydrogen-bond donors (Lipinski definition) is 0. The van der Waals surface area contributed by atoms with Gasteiger partial charge in [-0.2, -0.15) is 8.78 Å². The number of esters is 2. The molecule has 1 heterocycles. The van der Waals surface area contributed by atoms with Crippen LogP contribution in [0.1, 0.15) is 39.0 Å². The maximum absolute atomic E-state index is 13.5. The first kappa shape index (κ1) is 19.9. The van der Waals surface area contributed by atoms with Gasteiger partial charge in [-0.1, -0.05) is 0 Å². The van der Waals surface area contributed by atoms with Gasteiger partial charge >= 0.3 is 17.9 Å². The van der Waals surface area contributed by atoms with Gasteiger partial charge in [0.2, 0.25) is 0 Å². The smallest absolute Gasteiger partial charge is 0.377 e. The van der Waals surface area contributed by atoms with Gasteiger partial charge in [0.25, 0.3) is 5.92 Å². The van der Waals surface area contributed by atoms with Crippen LogP contribution in [0.25, 0.3) is 0 Å². The molecule has 4 saturated carbocycles. The highest BCUT2D eigenvalue weighted by atomic mass is 19.3. The lowest BCUT2D eigenvalue weighted by Gasteiger charge is -2.64. The summed E-state index contributed by atoms with van der Waals surface area (Å²) in [5.74, 6) is -10.6. The van der Waals surface area contributed by atoms with Gasteiger partial charge < -0.3 is 18.9 Å². The molecule has 2 unspecified atom stereocenters. The molecule has 1 spiro atoms. The van der Waals surface area contributed by atoms with Crippen molar-refractivity contribution in [3.8, 4) is 0 Å². The summed E-state index contributed by atoms with van der Waals surface area (Å²) in [6.07, 6.45) is 2.84. The number of alkyl halides is 4. The molecule has 0 aromatic carbocycles. The second-order valence-corrected chi connectivity index (χ2v) is 8.62. The van der Waals surface area contributed by atoms with E-state index in [1.54, 1.807) is 0 Å². The van der Waals surface area contributed by atoms with Crippen molar-refractivity contribution in [2.24, 2.45) is 17.8 Å². The van der Waals surface area contributed by atoms with Crippen LogP contribution in [0.5, 0.6) is 0 Å². The number of carbonyl (C=O) groups excluding carboxylic acids is 2. The first-order chi connectivity index (χ1) is 12.9. The Bertz CT molecular complexity index is 647. The van der Waals surface area contributed by atoms with Gasteiger partial charge in [0.05, 0.1) is 0 Å². The molecule has 0 aromatic heterocycles. The molecule has 5 fully saturated rings. The quantitative estimate of drug-likeness (QED) is 0.524. The normalized spacial score (nSPS) is 37.7. The van der Waals surface area contributed by atoms with Crippen molar-refractivity contribution in [1.29, 1.82) is 0 Å². The standard InChI is InChI=1S/C18H22F4O6/c1-15(19,20)14(24)25-7-13(23)28-16-4-10-2-11(5-16)18(12(3-10)6-16)26-8-17(21,22)9-27-18/h10-12H,2-9H2,1H3. The summed E-state index contributed by atoms with van der Waals surface area (Å²) in [6.45, 7) is -1.90. The fourth-order valence-electron chi connectivity index (χ4n) is 5.49. The number of halogens is 4. The van der Waals surface area contributed by atoms with Gasteiger partial charge in [0.15, 0.2) is 12.4 Å². The summed E-state index contributed by atoms with van der Waals surface area (Å²) in [5, 5.41) is 0. The third kappa shape index (κ3) is 3.38. The maximum Gasteiger partial charge on any atom is 0.377 e. The van der Waals surface area contributed by atoms with E-state index < -0.39 is 55.0 Å². The molecular formula is C18H22F4O6. The Morgan fingerprint density at radius 1 is 1.07 bits per heavy atom. The van der Waals surface area contributed by atoms with Crippen molar-refractivity contribution in [2.75, 3.05) is 19.8 Å². The zero-order valence-corrected chi connectivity index (χ0v) is 15.4. The van der Waals surface area contributed by atoms with Gasteiger partial charge in [0.1, 0.15) is 18.8 Å². The molecule has 2 atom stereocenters. The van der Waals surface area contributed by atoms with Crippen LogP contribution in [0, 0.1) is 17.8 Å². The van der Waals surface area contributed by atoms with E-state index in [0.29, 0.717) is 26.2 Å². The highest BCUT2D eigenvalue weighted by molar-refractivity contribution is 5.80. The molecule has 6 nitrogen and oxygen atoms in total. The Morgan fingerprint density at radius 2 is 1.64 bits per heavy atom. The van der Waals surface area contributed by atoms with Crippen LogP contribution in [0.15, 0.2) is 0 Å². The first-order valence-corrected chi connectivity index (χ1v) is 9.36. The van der Waals surface area contributed by atoms with Crippen molar-refractivity contribution in [3.05, 3.63) is 0 Å². The molecular weight excluding hydrogens is 388 g/mol. The molecule has 5 aliphatic rings. The molecule has 5 rings (SSSR count). The van der Waals surface area contributed by atoms with Crippen LogP contribution in [0.4, 0.5) is 17.6 Å². The van der Waals surface area contributed by atoms with Crippen LogP contribution < -0.4 is 0 Å². The molecule has 1 saturated heterocycles. The average molecular weight is 410 g/mol. The maximum atomic E-state index is 13.5. The number of ether oxygens (including phenoxy) is 4. The minimum absolute atomic E-state index is 0.190. The highest BCUT2D eigenvalue weighted by Crippen LogP contribution is 2.63. The van der Waals surface area contributed by atoms with Crippen LogP contribution in [0.2, 0.25) is 0 Å². The minimum atomic E-state index is -3.69. The fraction of sp³-hybridized carbons (Fsp3) is 0.889. The number of hydrogen-bond acceptors (Lipinski definition) is 6. The third-order valence-electron chi connectivity index (χ3n) is 6.30. The Balaban J connectivity index is 1.41. The van der Waals surface area contributed by atoms with E-state index in [-0.39, 0.29) is 17.8 Å². The van der Waals surface area contributed by atoms with Crippen LogP contribution in [0.3, 0.4) is 0 Å². The van der Waals surface area contributed by atoms with Gasteiger partial charge in [-0.25, -0.2) is 18.4 Å². The summed E-state index contributed by atoms with van der Waals surface area (Å²) in [7, 11) is 0. The van der Waals surface area contributed by atoms with E-state index in [0.717, 1.165) is 12.8 Å². The topological polar surface area (TPSA) is 71.1 Å². The monoisotopic (exact) mass is 410 g/mol. The van der Waals surface area contributed by atoms with Gasteiger partial charge in [-0.15, -0.1) is 0 Å². The molecule has 4 aliphatic carbocycles. The lowest BCUT2D eigenvalue weighted by Crippen LogP contribution is -2.69. The molecule has 0 aromatic rings. The predicted molar refractivity (Wildman–Crippen MR) is 83.5 cm³/mol. The largest absolute Gasteiger partial charge is 0.457 e. The van der Waals surface area contributed by atoms with Gasteiger partial charge in [0, 0.05) is 18.8 Å². The van der Waals surface area contributed by atoms with Crippen LogP contribution in [-0.4, -0.2) is 55.0 Å². The lowest BCUT2D eigenvalue weighted by atomic mass is 9.51. The Hall–Kier alpha value is -1.42. The molecule has 1 aliphatic heterocycles. The Kier molecular flexibility index (Phi) is 4.46. The summed E-state index contributed by atoms with van der Waals surface area (Å²) >= 11 is 0. The SMILES string of the molecule is CC(F)(F)C(=O)OCC(=O)OC12CC3CC(C1)C1(OCC(F)(F)CO1)C(C3)C2. The lowest BCUT2D eigenvalue weighted by molar-refractivity contribution is -0.404. The first-order valence-electron chi connectivity index (χ1n) is 9.36. The Morgan fingerprint density at radius 3 is 2.18 bits per heavy atom. The van der Waals surface area contributed by atoms with E-state index in [4.69, 9.17) is 14.2 Å². The summed E-state index contributed by atoms with van der Waals surface area (Å²) < 4.78 is 73.6. The van der Waals surface area contributed by atoms with E-state index in [1.165, 1.54) is 0 Å². The summed E-state index contributed by atoms with van der Waals surface area (Å²) in [6, 6.07) is 0. The molecule has 28 heavy (non-hydrogen) atoms. The predicted octanol–water partition coefficient (Wildman–Crippen LogP) is 2.69. The van der Waals surface area contributed by atoms with E-state index in [9.17, 15) is 27.2 Å². The number of rotatable bonds is 4. The van der Waals surface area contributed by atoms with Crippen LogP contribution in [-0.2, 0) is 28.5 Å². The fourth-order valence-corrected chi connectivity index (χ4v) is 5.49. The van der Waals surface area contributed by atoms with Crippen LogP contribution >= 0.6 is 0 Å². The summed E-state index contributed by atoms with van der Waals surface area (Å²) in [4.78, 5) is 23.2. The molecule has 0 N–H and O–H groups in total. The second-order valence-electron chi connectivity index (χ2n) is 8.62. The van der Waals surface area contributed by atoms with Crippen molar-refractivity contribution in [1.82, 2.24) is 0 Å². The summed E-state index contributed by atoms with van der Waals surface area (Å²) in [5.41, 5.74) is -0.827. The average Bonchev–Trinajstić information content (AvgIpc) is 2.57. The second kappa shape index (κ2) is 6.29. The third-order valence-corrected chi connectivity index (χ3v) is 6.30. The van der Waals surface area contributed by atoms with Crippen molar-refractivity contribution in [2.45, 2.75) is 62.3 Å². The van der Waals surface area contributed by atoms with E-state index in [1.807, 2.05) is 0 Å². The van der Waals surface area contributed by atoms with Crippen molar-refractivity contribution >= 4 is 11.9 Å². The minimum Gasteiger partial charge on any atom is -0.457 e. The molecule has 10 heteroatoms. The van der Waals surface area contributed by atoms with Gasteiger partial charge in [-0.05, 0) is 38.0 Å². The molecule has 4 bridgehead atoms. The molecule has 0 radical (unpaired) electrons. The zero-order chi connectivity index (χ0) is 20.4. The molecule has 158 valence electrons. The van der Waals surface area contributed by atoms with E-state index >= 15 is 0 Å². The van der Waals surface area contributed by atoms with Crippen molar-refractivity contribution in [3.63, 3.8) is 0 Å². The van der Waals surface area contributed by atoms with Crippen molar-refractivity contribution < 1.29 is 46.1 Å². The Labute approximate surface area is 158 Å². The molecule has 0 amide bonds.